The molecule has 0 saturated carbocycles. The predicted molar refractivity (Wildman–Crippen MR) is 68.6 cm³/mol. The summed E-state index contributed by atoms with van der Waals surface area (Å²) in [5, 5.41) is 3.13. The molecule has 0 saturated heterocycles. The molecule has 17 heavy (non-hydrogen) atoms. The summed E-state index contributed by atoms with van der Waals surface area (Å²) < 4.78 is 4.98. The van der Waals surface area contributed by atoms with Crippen LogP contribution in [-0.4, -0.2) is 19.1 Å². The van der Waals surface area contributed by atoms with E-state index in [0.29, 0.717) is 6.61 Å². The normalized spacial score (nSPS) is 12.6. The van der Waals surface area contributed by atoms with Crippen molar-refractivity contribution in [2.45, 2.75) is 19.9 Å². The van der Waals surface area contributed by atoms with E-state index in [0.717, 1.165) is 5.56 Å². The molecule has 0 aliphatic heterocycles. The summed E-state index contributed by atoms with van der Waals surface area (Å²) in [7, 11) is 0. The van der Waals surface area contributed by atoms with Crippen molar-refractivity contribution in [1.29, 1.82) is 0 Å². The van der Waals surface area contributed by atoms with Gasteiger partial charge in [-0.2, -0.15) is 0 Å². The highest BCUT2D eigenvalue weighted by molar-refractivity contribution is 5.71. The number of hydrogen-bond acceptors (Lipinski definition) is 3. The molecule has 0 amide bonds. The zero-order valence-electron chi connectivity index (χ0n) is 10.3. The number of allylic oxidation sites excluding steroid dienone is 1. The fourth-order valence-electron chi connectivity index (χ4n) is 1.38. The van der Waals surface area contributed by atoms with Crippen LogP contribution in [0.3, 0.4) is 0 Å². The largest absolute Gasteiger partial charge is 0.461 e. The average Bonchev–Trinajstić information content (AvgIpc) is 2.37. The van der Waals surface area contributed by atoms with Crippen LogP contribution in [0, 0.1) is 0 Å². The molecule has 0 heterocycles. The summed E-state index contributed by atoms with van der Waals surface area (Å²) in [6, 6.07) is 10.1. The van der Waals surface area contributed by atoms with Crippen molar-refractivity contribution < 1.29 is 9.53 Å². The summed E-state index contributed by atoms with van der Waals surface area (Å²) in [5.74, 6) is -0.231. The Balaban J connectivity index is 2.28. The maximum absolute atomic E-state index is 11.3. The van der Waals surface area contributed by atoms with Gasteiger partial charge < -0.3 is 10.1 Å². The number of hydrogen-bond donors (Lipinski definition) is 1. The highest BCUT2D eigenvalue weighted by Crippen LogP contribution is 2.10. The van der Waals surface area contributed by atoms with Crippen LogP contribution >= 0.6 is 0 Å². The van der Waals surface area contributed by atoms with Gasteiger partial charge in [-0.1, -0.05) is 42.5 Å². The summed E-state index contributed by atoms with van der Waals surface area (Å²) in [6.07, 6.45) is 3.66. The van der Waals surface area contributed by atoms with E-state index >= 15 is 0 Å². The second-order valence-corrected chi connectivity index (χ2v) is 3.77. The fraction of sp³-hybridized carbons (Fsp3) is 0.357. The average molecular weight is 233 g/mol. The van der Waals surface area contributed by atoms with E-state index in [1.807, 2.05) is 50.3 Å². The Morgan fingerprint density at radius 3 is 2.76 bits per heavy atom. The van der Waals surface area contributed by atoms with Crippen LogP contribution < -0.4 is 5.32 Å². The molecule has 1 atom stereocenters. The Morgan fingerprint density at radius 2 is 2.12 bits per heavy atom. The maximum Gasteiger partial charge on any atom is 0.320 e. The summed E-state index contributed by atoms with van der Waals surface area (Å²) >= 11 is 0. The van der Waals surface area contributed by atoms with E-state index in [1.54, 1.807) is 6.08 Å². The molecule has 1 N–H and O–H groups in total. The van der Waals surface area contributed by atoms with Crippen molar-refractivity contribution in [2.24, 2.45) is 0 Å². The molecule has 0 bridgehead atoms. The lowest BCUT2D eigenvalue weighted by Crippen LogP contribution is -2.27. The number of nitrogens with one attached hydrogen (secondary N) is 1. The second-order valence-electron chi connectivity index (χ2n) is 3.77. The Kier molecular flexibility index (Phi) is 6.04. The van der Waals surface area contributed by atoms with E-state index < -0.39 is 0 Å². The van der Waals surface area contributed by atoms with Crippen LogP contribution in [0.15, 0.2) is 42.5 Å². The summed E-state index contributed by atoms with van der Waals surface area (Å²) in [5.41, 5.74) is 1.16. The van der Waals surface area contributed by atoms with E-state index in [4.69, 9.17) is 4.74 Å². The monoisotopic (exact) mass is 233 g/mol. The summed E-state index contributed by atoms with van der Waals surface area (Å²) in [6.45, 7) is 4.49. The third kappa shape index (κ3) is 5.31. The Hall–Kier alpha value is -1.61. The lowest BCUT2D eigenvalue weighted by atomic mass is 10.1. The van der Waals surface area contributed by atoms with Crippen molar-refractivity contribution in [3.8, 4) is 0 Å². The van der Waals surface area contributed by atoms with E-state index in [1.165, 1.54) is 0 Å². The molecule has 0 aliphatic carbocycles. The molecule has 1 rings (SSSR count). The maximum atomic E-state index is 11.3. The first-order chi connectivity index (χ1) is 8.24. The van der Waals surface area contributed by atoms with Gasteiger partial charge in [0.05, 0.1) is 6.54 Å². The van der Waals surface area contributed by atoms with Gasteiger partial charge in [0.1, 0.15) is 6.61 Å². The van der Waals surface area contributed by atoms with Crippen LogP contribution in [0.2, 0.25) is 0 Å². The number of ether oxygens (including phenoxy) is 1. The van der Waals surface area contributed by atoms with Crippen LogP contribution in [-0.2, 0) is 9.53 Å². The molecule has 0 aromatic heterocycles. The zero-order chi connectivity index (χ0) is 12.5. The molecule has 3 heteroatoms. The van der Waals surface area contributed by atoms with E-state index in [-0.39, 0.29) is 18.6 Å². The first kappa shape index (κ1) is 13.5. The minimum absolute atomic E-state index is 0.144. The van der Waals surface area contributed by atoms with Gasteiger partial charge in [0.2, 0.25) is 0 Å². The van der Waals surface area contributed by atoms with Crippen molar-refractivity contribution in [2.75, 3.05) is 13.2 Å². The Morgan fingerprint density at radius 1 is 1.41 bits per heavy atom. The molecule has 1 aromatic rings. The van der Waals surface area contributed by atoms with Gasteiger partial charge in [-0.05, 0) is 19.4 Å². The highest BCUT2D eigenvalue weighted by atomic mass is 16.5. The number of carbonyl (C=O) groups excluding carboxylic acids is 1. The fourth-order valence-corrected chi connectivity index (χ4v) is 1.38. The molecular formula is C14H19NO2. The lowest BCUT2D eigenvalue weighted by Gasteiger charge is -2.13. The van der Waals surface area contributed by atoms with Crippen LogP contribution in [0.25, 0.3) is 0 Å². The molecule has 0 unspecified atom stereocenters. The van der Waals surface area contributed by atoms with Crippen LogP contribution in [0.4, 0.5) is 0 Å². The third-order valence-electron chi connectivity index (χ3n) is 2.43. The summed E-state index contributed by atoms with van der Waals surface area (Å²) in [4.78, 5) is 11.3. The predicted octanol–water partition coefficient (Wildman–Crippen LogP) is 2.46. The first-order valence-electron chi connectivity index (χ1n) is 5.79. The number of carbonyl (C=O) groups is 1. The van der Waals surface area contributed by atoms with Gasteiger partial charge in [-0.15, -0.1) is 0 Å². The molecular weight excluding hydrogens is 214 g/mol. The van der Waals surface area contributed by atoms with Gasteiger partial charge in [0.25, 0.3) is 0 Å². The number of rotatable bonds is 6. The molecule has 92 valence electrons. The Bertz CT molecular complexity index is 360. The van der Waals surface area contributed by atoms with Gasteiger partial charge >= 0.3 is 5.97 Å². The minimum atomic E-state index is -0.231. The standard InChI is InChI=1S/C14H19NO2/c1-3-4-10-17-14(16)11-15-12(2)13-8-6-5-7-9-13/h3-9,12,15H,10-11H2,1-2H3/t12-/m0/s1. The SMILES string of the molecule is CC=CCOC(=O)CN[C@@H](C)c1ccccc1. The molecule has 3 nitrogen and oxygen atoms in total. The van der Waals surface area contributed by atoms with E-state index in [9.17, 15) is 4.79 Å². The number of benzene rings is 1. The second kappa shape index (κ2) is 7.63. The quantitative estimate of drug-likeness (QED) is 0.606. The van der Waals surface area contributed by atoms with Gasteiger partial charge in [-0.3, -0.25) is 4.79 Å². The van der Waals surface area contributed by atoms with Crippen molar-refractivity contribution in [3.63, 3.8) is 0 Å². The van der Waals surface area contributed by atoms with Gasteiger partial charge in [0, 0.05) is 6.04 Å². The first-order valence-corrected chi connectivity index (χ1v) is 5.79. The van der Waals surface area contributed by atoms with Crippen molar-refractivity contribution >= 4 is 5.97 Å². The zero-order valence-corrected chi connectivity index (χ0v) is 10.3. The van der Waals surface area contributed by atoms with E-state index in [2.05, 4.69) is 5.32 Å². The van der Waals surface area contributed by atoms with Gasteiger partial charge in [0.15, 0.2) is 0 Å². The molecule has 0 fully saturated rings. The van der Waals surface area contributed by atoms with Crippen LogP contribution in [0.1, 0.15) is 25.5 Å². The minimum Gasteiger partial charge on any atom is -0.461 e. The molecule has 1 aromatic carbocycles. The Labute approximate surface area is 102 Å². The van der Waals surface area contributed by atoms with Crippen LogP contribution in [0.5, 0.6) is 0 Å². The molecule has 0 radical (unpaired) electrons. The third-order valence-corrected chi connectivity index (χ3v) is 2.43. The lowest BCUT2D eigenvalue weighted by molar-refractivity contribution is -0.141. The number of esters is 1. The molecule has 0 spiro atoms. The van der Waals surface area contributed by atoms with Gasteiger partial charge in [-0.25, -0.2) is 0 Å². The van der Waals surface area contributed by atoms with Crippen molar-refractivity contribution in [1.82, 2.24) is 5.32 Å². The molecule has 0 aliphatic rings. The topological polar surface area (TPSA) is 38.3 Å². The highest BCUT2D eigenvalue weighted by Gasteiger charge is 2.07. The van der Waals surface area contributed by atoms with Crippen molar-refractivity contribution in [3.05, 3.63) is 48.0 Å². The smallest absolute Gasteiger partial charge is 0.320 e.